The van der Waals surface area contributed by atoms with Crippen LogP contribution in [-0.2, 0) is 0 Å². The number of ether oxygens (including phenoxy) is 1. The first-order valence-electron chi connectivity index (χ1n) is 8.48. The Morgan fingerprint density at radius 3 is 2.72 bits per heavy atom. The lowest BCUT2D eigenvalue weighted by molar-refractivity contribution is -0.189. The summed E-state index contributed by atoms with van der Waals surface area (Å²) < 4.78 is 44.8. The van der Waals surface area contributed by atoms with Gasteiger partial charge in [-0.3, -0.25) is 0 Å². The Balaban J connectivity index is 1.57. The molecule has 1 saturated heterocycles. The average molecular weight is 355 g/mol. The van der Waals surface area contributed by atoms with Crippen LogP contribution in [0.25, 0.3) is 5.65 Å². The summed E-state index contributed by atoms with van der Waals surface area (Å²) in [6, 6.07) is 3.37. The third-order valence-electron chi connectivity index (χ3n) is 5.12. The van der Waals surface area contributed by atoms with Gasteiger partial charge in [-0.15, -0.1) is 5.10 Å². The molecule has 6 nitrogen and oxygen atoms in total. The fourth-order valence-corrected chi connectivity index (χ4v) is 3.76. The highest BCUT2D eigenvalue weighted by Gasteiger charge is 2.40. The highest BCUT2D eigenvalue weighted by Crippen LogP contribution is 2.35. The molecule has 2 aliphatic rings. The zero-order valence-electron chi connectivity index (χ0n) is 13.8. The lowest BCUT2D eigenvalue weighted by atomic mass is 9.94. The smallest absolute Gasteiger partial charge is 0.425 e. The Morgan fingerprint density at radius 1 is 1.32 bits per heavy atom. The number of nitrogens with zero attached hydrogens (tertiary/aromatic N) is 3. The number of anilines is 1. The van der Waals surface area contributed by atoms with Crippen LogP contribution in [-0.4, -0.2) is 46.0 Å². The number of fused-ring (bicyclic) bond motifs is 3. The van der Waals surface area contributed by atoms with Crippen molar-refractivity contribution < 1.29 is 17.9 Å². The third kappa shape index (κ3) is 3.12. The van der Waals surface area contributed by atoms with Crippen LogP contribution < -0.4 is 15.4 Å². The third-order valence-corrected chi connectivity index (χ3v) is 5.12. The zero-order valence-corrected chi connectivity index (χ0v) is 13.8. The SMILES string of the molecule is CC(Oc1cccn2nc(N[C@@H]3[C@@H]4CC[C@H]3CNC4)nc12)C(F)(F)F. The molecule has 3 heterocycles. The quantitative estimate of drug-likeness (QED) is 0.882. The molecule has 1 aliphatic carbocycles. The van der Waals surface area contributed by atoms with Gasteiger partial charge in [-0.05, 0) is 56.8 Å². The van der Waals surface area contributed by atoms with Gasteiger partial charge in [0.15, 0.2) is 17.5 Å². The molecule has 4 rings (SSSR count). The van der Waals surface area contributed by atoms with Gasteiger partial charge in [0.25, 0.3) is 0 Å². The van der Waals surface area contributed by atoms with E-state index in [9.17, 15) is 13.2 Å². The summed E-state index contributed by atoms with van der Waals surface area (Å²) >= 11 is 0. The molecule has 0 aromatic carbocycles. The second-order valence-corrected chi connectivity index (χ2v) is 6.80. The van der Waals surface area contributed by atoms with E-state index in [1.165, 1.54) is 23.4 Å². The van der Waals surface area contributed by atoms with Crippen LogP contribution in [0, 0.1) is 11.8 Å². The molecule has 0 radical (unpaired) electrons. The van der Waals surface area contributed by atoms with Crippen LogP contribution in [0.1, 0.15) is 19.8 Å². The van der Waals surface area contributed by atoms with Crippen LogP contribution >= 0.6 is 0 Å². The van der Waals surface area contributed by atoms with E-state index in [4.69, 9.17) is 4.74 Å². The minimum absolute atomic E-state index is 0.0705. The van der Waals surface area contributed by atoms with Crippen molar-refractivity contribution in [2.75, 3.05) is 18.4 Å². The van der Waals surface area contributed by atoms with Gasteiger partial charge in [0.2, 0.25) is 5.95 Å². The van der Waals surface area contributed by atoms with E-state index in [2.05, 4.69) is 20.7 Å². The maximum atomic E-state index is 12.8. The number of halogens is 3. The Morgan fingerprint density at radius 2 is 2.04 bits per heavy atom. The first kappa shape index (κ1) is 16.4. The van der Waals surface area contributed by atoms with Crippen molar-refractivity contribution in [2.24, 2.45) is 11.8 Å². The molecule has 1 aliphatic heterocycles. The van der Waals surface area contributed by atoms with Crippen LogP contribution in [0.15, 0.2) is 18.3 Å². The fourth-order valence-electron chi connectivity index (χ4n) is 3.76. The highest BCUT2D eigenvalue weighted by molar-refractivity contribution is 5.56. The molecular weight excluding hydrogens is 335 g/mol. The number of hydrogen-bond acceptors (Lipinski definition) is 5. The average Bonchev–Trinajstić information content (AvgIpc) is 3.04. The van der Waals surface area contributed by atoms with Crippen LogP contribution in [0.4, 0.5) is 19.1 Å². The molecule has 2 N–H and O–H groups in total. The van der Waals surface area contributed by atoms with E-state index in [1.807, 2.05) is 0 Å². The second kappa shape index (κ2) is 6.05. The highest BCUT2D eigenvalue weighted by atomic mass is 19.4. The minimum atomic E-state index is -4.43. The summed E-state index contributed by atoms with van der Waals surface area (Å²) in [5.41, 5.74) is 0.280. The van der Waals surface area contributed by atoms with Crippen molar-refractivity contribution >= 4 is 11.6 Å². The van der Waals surface area contributed by atoms with Crippen LogP contribution in [0.5, 0.6) is 5.75 Å². The summed E-state index contributed by atoms with van der Waals surface area (Å²) in [5, 5.41) is 11.2. The van der Waals surface area contributed by atoms with Gasteiger partial charge in [-0.2, -0.15) is 18.2 Å². The number of rotatable bonds is 4. The lowest BCUT2D eigenvalue weighted by Gasteiger charge is -2.30. The number of piperidine rings is 1. The first-order valence-corrected chi connectivity index (χ1v) is 8.48. The summed E-state index contributed by atoms with van der Waals surface area (Å²) in [4.78, 5) is 4.37. The predicted molar refractivity (Wildman–Crippen MR) is 85.6 cm³/mol. The molecule has 9 heteroatoms. The maximum Gasteiger partial charge on any atom is 0.425 e. The summed E-state index contributed by atoms with van der Waals surface area (Å²) in [7, 11) is 0. The summed E-state index contributed by atoms with van der Waals surface area (Å²) in [6.07, 6.45) is -2.36. The van der Waals surface area contributed by atoms with Crippen LogP contribution in [0.3, 0.4) is 0 Å². The monoisotopic (exact) mass is 355 g/mol. The standard InChI is InChI=1S/C16H20F3N5O/c1-9(16(17,18)19)25-12-3-2-6-24-14(12)22-15(23-24)21-13-10-4-5-11(13)8-20-7-10/h2-3,6,9-11,13,20H,4-5,7-8H2,1H3,(H,21,23)/t9?,10-,11+,13-. The molecule has 2 aromatic heterocycles. The Hall–Kier alpha value is -2.03. The Kier molecular flexibility index (Phi) is 3.98. The van der Waals surface area contributed by atoms with Gasteiger partial charge in [-0.1, -0.05) is 0 Å². The second-order valence-electron chi connectivity index (χ2n) is 6.80. The van der Waals surface area contributed by atoms with E-state index >= 15 is 0 Å². The van der Waals surface area contributed by atoms with E-state index in [1.54, 1.807) is 12.3 Å². The van der Waals surface area contributed by atoms with Crippen molar-refractivity contribution in [1.82, 2.24) is 19.9 Å². The van der Waals surface area contributed by atoms with Crippen molar-refractivity contribution in [3.63, 3.8) is 0 Å². The molecular formula is C16H20F3N5O. The van der Waals surface area contributed by atoms with Crippen molar-refractivity contribution in [2.45, 2.75) is 38.1 Å². The van der Waals surface area contributed by atoms with Crippen molar-refractivity contribution in [3.8, 4) is 5.75 Å². The maximum absolute atomic E-state index is 12.8. The summed E-state index contributed by atoms with van der Waals surface area (Å²) in [5.74, 6) is 1.57. The molecule has 2 bridgehead atoms. The molecule has 25 heavy (non-hydrogen) atoms. The molecule has 0 amide bonds. The van der Waals surface area contributed by atoms with Crippen molar-refractivity contribution in [1.29, 1.82) is 0 Å². The molecule has 4 atom stereocenters. The molecule has 0 spiro atoms. The van der Waals surface area contributed by atoms with E-state index in [-0.39, 0.29) is 11.4 Å². The molecule has 1 unspecified atom stereocenters. The van der Waals surface area contributed by atoms with Gasteiger partial charge in [0.05, 0.1) is 0 Å². The Labute approximate surface area is 142 Å². The van der Waals surface area contributed by atoms with E-state index in [0.29, 0.717) is 23.8 Å². The largest absolute Gasteiger partial charge is 0.477 e. The minimum Gasteiger partial charge on any atom is -0.477 e. The van der Waals surface area contributed by atoms with Crippen molar-refractivity contribution in [3.05, 3.63) is 18.3 Å². The first-order chi connectivity index (χ1) is 11.9. The molecule has 2 fully saturated rings. The van der Waals surface area contributed by atoms with Gasteiger partial charge in [0.1, 0.15) is 0 Å². The van der Waals surface area contributed by atoms with Gasteiger partial charge in [0, 0.05) is 12.2 Å². The number of nitrogens with one attached hydrogen (secondary N) is 2. The molecule has 2 aromatic rings. The van der Waals surface area contributed by atoms with Gasteiger partial charge in [-0.25, -0.2) is 4.52 Å². The predicted octanol–water partition coefficient (Wildman–Crippen LogP) is 2.47. The molecule has 136 valence electrons. The zero-order chi connectivity index (χ0) is 17.6. The van der Waals surface area contributed by atoms with Gasteiger partial charge < -0.3 is 15.4 Å². The van der Waals surface area contributed by atoms with Crippen LogP contribution in [0.2, 0.25) is 0 Å². The van der Waals surface area contributed by atoms with Gasteiger partial charge >= 0.3 is 6.18 Å². The number of hydrogen-bond donors (Lipinski definition) is 2. The fraction of sp³-hybridized carbons (Fsp3) is 0.625. The van der Waals surface area contributed by atoms with E-state index < -0.39 is 12.3 Å². The number of aromatic nitrogens is 3. The molecule has 1 saturated carbocycles. The number of pyridine rings is 1. The normalized spacial score (nSPS) is 27.4. The number of alkyl halides is 3. The topological polar surface area (TPSA) is 63.5 Å². The Bertz CT molecular complexity index is 746. The lowest BCUT2D eigenvalue weighted by Crippen LogP contribution is -2.45. The van der Waals surface area contributed by atoms with E-state index in [0.717, 1.165) is 20.0 Å². The summed E-state index contributed by atoms with van der Waals surface area (Å²) in [6.45, 7) is 2.92.